The number of rotatable bonds is 7. The number of amides is 1. The largest absolute Gasteiger partial charge is 0.394 e. The van der Waals surface area contributed by atoms with Crippen LogP contribution >= 0.6 is 11.3 Å². The minimum absolute atomic E-state index is 0.00524. The van der Waals surface area contributed by atoms with Crippen LogP contribution in [-0.2, 0) is 17.8 Å². The van der Waals surface area contributed by atoms with Crippen molar-refractivity contribution in [1.29, 1.82) is 0 Å². The number of aliphatic hydroxyl groups excluding tert-OH is 1. The lowest BCUT2D eigenvalue weighted by Crippen LogP contribution is -2.38. The van der Waals surface area contributed by atoms with Gasteiger partial charge >= 0.3 is 0 Å². The smallest absolute Gasteiger partial charge is 0.250 e. The second-order valence-corrected chi connectivity index (χ2v) is 9.10. The van der Waals surface area contributed by atoms with E-state index in [1.807, 2.05) is 54.2 Å². The van der Waals surface area contributed by atoms with Gasteiger partial charge < -0.3 is 20.2 Å². The number of hydrogen-bond acceptors (Lipinski definition) is 7. The minimum atomic E-state index is -0.258. The first-order valence-electron chi connectivity index (χ1n) is 10.3. The Morgan fingerprint density at radius 2 is 2.10 bits per heavy atom. The third-order valence-corrected chi connectivity index (χ3v) is 6.55. The molecule has 3 heterocycles. The van der Waals surface area contributed by atoms with Crippen molar-refractivity contribution in [2.75, 3.05) is 39.1 Å². The Morgan fingerprint density at radius 1 is 1.32 bits per heavy atom. The van der Waals surface area contributed by atoms with Gasteiger partial charge in [-0.25, -0.2) is 9.97 Å². The molecule has 0 saturated carbocycles. The van der Waals surface area contributed by atoms with Gasteiger partial charge in [0.25, 0.3) is 5.91 Å². The van der Waals surface area contributed by atoms with Gasteiger partial charge in [0, 0.05) is 23.5 Å². The van der Waals surface area contributed by atoms with Gasteiger partial charge in [0.2, 0.25) is 0 Å². The highest BCUT2D eigenvalue weighted by molar-refractivity contribution is 7.19. The van der Waals surface area contributed by atoms with Gasteiger partial charge in [-0.15, -0.1) is 11.3 Å². The Labute approximate surface area is 186 Å². The number of carbonyl (C=O) groups excluding carboxylic acids is 1. The van der Waals surface area contributed by atoms with Crippen molar-refractivity contribution >= 4 is 33.3 Å². The lowest BCUT2D eigenvalue weighted by atomic mass is 10.0. The van der Waals surface area contributed by atoms with Crippen LogP contribution in [0.3, 0.4) is 0 Å². The van der Waals surface area contributed by atoms with Crippen molar-refractivity contribution in [3.05, 3.63) is 64.8 Å². The molecule has 0 bridgehead atoms. The molecule has 3 aromatic rings. The molecule has 0 aliphatic carbocycles. The Morgan fingerprint density at radius 3 is 2.81 bits per heavy atom. The summed E-state index contributed by atoms with van der Waals surface area (Å²) in [5, 5.41) is 14.4. The van der Waals surface area contributed by atoms with Crippen molar-refractivity contribution in [1.82, 2.24) is 19.8 Å². The van der Waals surface area contributed by atoms with Crippen LogP contribution in [0.1, 0.15) is 22.0 Å². The van der Waals surface area contributed by atoms with Crippen molar-refractivity contribution in [3.8, 4) is 0 Å². The summed E-state index contributed by atoms with van der Waals surface area (Å²) in [5.41, 5.74) is 2.79. The Kier molecular flexibility index (Phi) is 6.31. The first kappa shape index (κ1) is 21.4. The number of benzene rings is 1. The van der Waals surface area contributed by atoms with Gasteiger partial charge in [0.05, 0.1) is 24.6 Å². The lowest BCUT2D eigenvalue weighted by molar-refractivity contribution is -0.128. The maximum Gasteiger partial charge on any atom is 0.250 e. The predicted octanol–water partition coefficient (Wildman–Crippen LogP) is 2.84. The molecular weight excluding hydrogens is 410 g/mol. The van der Waals surface area contributed by atoms with E-state index in [2.05, 4.69) is 21.9 Å². The maximum atomic E-state index is 12.8. The third-order valence-electron chi connectivity index (χ3n) is 5.43. The van der Waals surface area contributed by atoms with E-state index in [0.717, 1.165) is 32.9 Å². The monoisotopic (exact) mass is 437 g/mol. The molecule has 1 atom stereocenters. The Hall–Kier alpha value is -2.81. The quantitative estimate of drug-likeness (QED) is 0.553. The molecular formula is C23H27N5O2S. The average molecular weight is 438 g/mol. The maximum absolute atomic E-state index is 12.8. The molecule has 7 nitrogen and oxygen atoms in total. The normalized spacial score (nSPS) is 14.5. The van der Waals surface area contributed by atoms with Gasteiger partial charge in [-0.05, 0) is 31.6 Å². The molecule has 1 amide bonds. The second kappa shape index (κ2) is 9.13. The predicted molar refractivity (Wildman–Crippen MR) is 124 cm³/mol. The van der Waals surface area contributed by atoms with E-state index in [9.17, 15) is 9.90 Å². The molecule has 2 N–H and O–H groups in total. The van der Waals surface area contributed by atoms with Crippen LogP contribution in [0.4, 0.5) is 5.82 Å². The Bertz CT molecular complexity index is 1100. The van der Waals surface area contributed by atoms with Gasteiger partial charge in [-0.2, -0.15) is 0 Å². The second-order valence-electron chi connectivity index (χ2n) is 8.01. The fourth-order valence-corrected chi connectivity index (χ4v) is 5.17. The summed E-state index contributed by atoms with van der Waals surface area (Å²) in [5.74, 6) is 0.729. The molecule has 2 aromatic heterocycles. The first-order valence-corrected chi connectivity index (χ1v) is 11.1. The summed E-state index contributed by atoms with van der Waals surface area (Å²) in [6.45, 7) is 5.67. The topological polar surface area (TPSA) is 81.6 Å². The lowest BCUT2D eigenvalue weighted by Gasteiger charge is -2.28. The number of nitrogens with one attached hydrogen (secondary N) is 1. The summed E-state index contributed by atoms with van der Waals surface area (Å²) in [6.07, 6.45) is 2.29. The van der Waals surface area contributed by atoms with E-state index in [0.29, 0.717) is 25.2 Å². The number of aromatic nitrogens is 2. The van der Waals surface area contributed by atoms with Crippen LogP contribution in [0.5, 0.6) is 0 Å². The van der Waals surface area contributed by atoms with Crippen molar-refractivity contribution < 1.29 is 9.90 Å². The first-order chi connectivity index (χ1) is 15.0. The van der Waals surface area contributed by atoms with Crippen LogP contribution in [0.15, 0.2) is 48.8 Å². The molecule has 31 heavy (non-hydrogen) atoms. The van der Waals surface area contributed by atoms with E-state index in [4.69, 9.17) is 0 Å². The molecule has 0 saturated heterocycles. The molecule has 8 heteroatoms. The Balaban J connectivity index is 1.61. The van der Waals surface area contributed by atoms with Crippen LogP contribution in [0.25, 0.3) is 10.2 Å². The number of anilines is 1. The van der Waals surface area contributed by atoms with E-state index in [1.54, 1.807) is 17.7 Å². The summed E-state index contributed by atoms with van der Waals surface area (Å²) in [6, 6.07) is 9.58. The number of nitrogens with zero attached hydrogens (tertiary/aromatic N) is 4. The zero-order valence-electron chi connectivity index (χ0n) is 17.8. The standard InChI is InChI=1S/C23H27N5O2S/c1-15(11-27(2)3)23(30)28-10-9-17-19(12-28)31-22-20(17)21(24-14-25-22)26-18(13-29)16-7-5-4-6-8-16/h4-8,14,18,29H,1,9-13H2,2-3H3,(H,24,25,26)/t18-/m1/s1. The van der Waals surface area contributed by atoms with Gasteiger partial charge in [0.1, 0.15) is 17.0 Å². The van der Waals surface area contributed by atoms with Crippen molar-refractivity contribution in [3.63, 3.8) is 0 Å². The molecule has 0 spiro atoms. The molecule has 162 valence electrons. The van der Waals surface area contributed by atoms with Crippen molar-refractivity contribution in [2.24, 2.45) is 0 Å². The van der Waals surface area contributed by atoms with E-state index < -0.39 is 0 Å². The number of fused-ring (bicyclic) bond motifs is 3. The molecule has 0 radical (unpaired) electrons. The molecule has 4 rings (SSSR count). The van der Waals surface area contributed by atoms with E-state index >= 15 is 0 Å². The molecule has 0 fully saturated rings. The van der Waals surface area contributed by atoms with E-state index in [-0.39, 0.29) is 18.6 Å². The zero-order valence-corrected chi connectivity index (χ0v) is 18.7. The van der Waals surface area contributed by atoms with Crippen LogP contribution in [0.2, 0.25) is 0 Å². The van der Waals surface area contributed by atoms with Gasteiger partial charge in [-0.3, -0.25) is 4.79 Å². The summed E-state index contributed by atoms with van der Waals surface area (Å²) in [7, 11) is 3.86. The van der Waals surface area contributed by atoms with Crippen LogP contribution < -0.4 is 5.32 Å². The van der Waals surface area contributed by atoms with Crippen molar-refractivity contribution in [2.45, 2.75) is 19.0 Å². The molecule has 1 aliphatic heterocycles. The van der Waals surface area contributed by atoms with E-state index in [1.165, 1.54) is 5.56 Å². The summed E-state index contributed by atoms with van der Waals surface area (Å²) >= 11 is 1.60. The number of thiophene rings is 1. The van der Waals surface area contributed by atoms with Crippen LogP contribution in [-0.4, -0.2) is 64.6 Å². The highest BCUT2D eigenvalue weighted by Gasteiger charge is 2.28. The number of carbonyl (C=O) groups is 1. The third kappa shape index (κ3) is 4.46. The van der Waals surface area contributed by atoms with Gasteiger partial charge in [-0.1, -0.05) is 36.9 Å². The number of likely N-dealkylation sites (N-methyl/N-ethyl adjacent to an activating group) is 1. The van der Waals surface area contributed by atoms with Crippen LogP contribution in [0, 0.1) is 0 Å². The SMILES string of the molecule is C=C(CN(C)C)C(=O)N1CCc2c(sc3ncnc(N[C@H](CO)c4ccccc4)c23)C1. The average Bonchev–Trinajstić information content (AvgIpc) is 3.15. The minimum Gasteiger partial charge on any atom is -0.394 e. The fourth-order valence-electron chi connectivity index (χ4n) is 3.97. The number of hydrogen-bond donors (Lipinski definition) is 2. The fraction of sp³-hybridized carbons (Fsp3) is 0.348. The highest BCUT2D eigenvalue weighted by Crippen LogP contribution is 2.38. The van der Waals surface area contributed by atoms with Gasteiger partial charge in [0.15, 0.2) is 0 Å². The summed E-state index contributed by atoms with van der Waals surface area (Å²) < 4.78 is 0. The zero-order chi connectivity index (χ0) is 22.0. The molecule has 1 aliphatic rings. The molecule has 0 unspecified atom stereocenters. The summed E-state index contributed by atoms with van der Waals surface area (Å²) in [4.78, 5) is 27.6. The molecule has 1 aromatic carbocycles. The highest BCUT2D eigenvalue weighted by atomic mass is 32.1. The number of aliphatic hydroxyl groups is 1.